The van der Waals surface area contributed by atoms with Gasteiger partial charge in [0.05, 0.1) is 35.2 Å². The second kappa shape index (κ2) is 11.8. The zero-order chi connectivity index (χ0) is 28.1. The first kappa shape index (κ1) is 26.6. The molecule has 5 aromatic rings. The average Bonchev–Trinajstić information content (AvgIpc) is 3.41. The van der Waals surface area contributed by atoms with Gasteiger partial charge in [-0.25, -0.2) is 9.67 Å². The Bertz CT molecular complexity index is 1810. The highest BCUT2D eigenvalue weighted by Gasteiger charge is 2.28. The van der Waals surface area contributed by atoms with Gasteiger partial charge in [-0.3, -0.25) is 5.41 Å². The summed E-state index contributed by atoms with van der Waals surface area (Å²) in [6, 6.07) is 30.6. The van der Waals surface area contributed by atoms with E-state index in [1.165, 1.54) is 27.8 Å². The number of aromatic nitrogens is 3. The first-order chi connectivity index (χ1) is 19.6. The Morgan fingerprint density at radius 3 is 2.33 bits per heavy atom. The minimum atomic E-state index is -0.961. The molecule has 0 bridgehead atoms. The van der Waals surface area contributed by atoms with E-state index < -0.39 is 11.8 Å². The molecule has 40 heavy (non-hydrogen) atoms. The number of methoxy groups -OCH3 is 1. The number of ether oxygens (including phenoxy) is 1. The van der Waals surface area contributed by atoms with Gasteiger partial charge in [0.1, 0.15) is 28.3 Å². The van der Waals surface area contributed by atoms with E-state index in [0.29, 0.717) is 22.0 Å². The molecule has 0 spiro atoms. The van der Waals surface area contributed by atoms with E-state index in [1.54, 1.807) is 31.4 Å². The third-order valence-electron chi connectivity index (χ3n) is 6.42. The molecule has 1 atom stereocenters. The first-order valence-electron chi connectivity index (χ1n) is 12.2. The van der Waals surface area contributed by atoms with Gasteiger partial charge in [0.2, 0.25) is 0 Å². The predicted octanol–water partition coefficient (Wildman–Crippen LogP) is 5.98. The molecule has 0 radical (unpaired) electrons. The Morgan fingerprint density at radius 2 is 1.68 bits per heavy atom. The van der Waals surface area contributed by atoms with Gasteiger partial charge in [-0.2, -0.15) is 20.9 Å². The number of nitrogens with one attached hydrogen (secondary N) is 1. The molecule has 194 valence electrons. The van der Waals surface area contributed by atoms with Crippen LogP contribution in [0.5, 0.6) is 5.75 Å². The maximum atomic E-state index is 10.3. The maximum Gasteiger partial charge on any atom is 0.165 e. The molecule has 0 saturated carbocycles. The zero-order valence-electron chi connectivity index (χ0n) is 21.3. The molecule has 8 nitrogen and oxygen atoms in total. The van der Waals surface area contributed by atoms with E-state index in [1.807, 2.05) is 54.6 Å². The average molecular weight is 560 g/mol. The van der Waals surface area contributed by atoms with Crippen molar-refractivity contribution in [2.24, 2.45) is 5.92 Å². The fourth-order valence-corrected chi connectivity index (χ4v) is 6.50. The van der Waals surface area contributed by atoms with Crippen LogP contribution in [0.4, 0.5) is 0 Å². The summed E-state index contributed by atoms with van der Waals surface area (Å²) in [4.78, 5) is 4.74. The molecule has 5 rings (SSSR count). The quantitative estimate of drug-likeness (QED) is 0.247. The number of hydrogen-bond acceptors (Lipinski definition) is 9. The van der Waals surface area contributed by atoms with Crippen molar-refractivity contribution in [3.63, 3.8) is 0 Å². The lowest BCUT2D eigenvalue weighted by Crippen LogP contribution is -2.28. The molecule has 0 aliphatic heterocycles. The number of hydrogen-bond donors (Lipinski definition) is 1. The largest absolute Gasteiger partial charge is 0.497 e. The molecular weight excluding hydrogens is 539 g/mol. The van der Waals surface area contributed by atoms with Crippen molar-refractivity contribution in [3.05, 3.63) is 101 Å². The predicted molar refractivity (Wildman–Crippen MR) is 152 cm³/mol. The van der Waals surface area contributed by atoms with Crippen LogP contribution in [0.25, 0.3) is 15.9 Å². The summed E-state index contributed by atoms with van der Waals surface area (Å²) in [6.07, 6.45) is 0.175. The number of para-hydroxylation sites is 1. The van der Waals surface area contributed by atoms with Crippen molar-refractivity contribution < 1.29 is 4.74 Å². The molecule has 0 saturated heterocycles. The molecule has 0 fully saturated rings. The summed E-state index contributed by atoms with van der Waals surface area (Å²) in [6.45, 7) is 0. The SMILES string of the molecule is COc1ccc(-n2nc(Sc3nc4ccccc4s3)c(CC(c3ccccc3)C(C#N)C#N)c(C#N)c2=N)cc1. The van der Waals surface area contributed by atoms with Crippen molar-refractivity contribution in [1.29, 1.82) is 21.2 Å². The number of nitriles is 3. The number of fused-ring (bicyclic) bond motifs is 1. The second-order valence-corrected chi connectivity index (χ2v) is 11.0. The summed E-state index contributed by atoms with van der Waals surface area (Å²) in [5, 5.41) is 44.2. The standard InChI is InChI=1S/C30H21N7OS2/c1-38-22-13-11-21(12-14-22)37-28(34)25(18-33)24(15-23(20(16-31)17-32)19-7-3-2-4-8-19)29(36-37)40-30-35-26-9-5-6-10-27(26)39-30/h2-14,20,23,34H,15H2,1H3. The molecule has 10 heteroatoms. The Labute approximate surface area is 238 Å². The van der Waals surface area contributed by atoms with Gasteiger partial charge in [0, 0.05) is 11.5 Å². The van der Waals surface area contributed by atoms with E-state index >= 15 is 0 Å². The smallest absolute Gasteiger partial charge is 0.165 e. The maximum absolute atomic E-state index is 10.3. The van der Waals surface area contributed by atoms with Gasteiger partial charge >= 0.3 is 0 Å². The highest BCUT2D eigenvalue weighted by molar-refractivity contribution is 8.01. The van der Waals surface area contributed by atoms with Crippen LogP contribution in [0.15, 0.2) is 88.2 Å². The minimum Gasteiger partial charge on any atom is -0.497 e. The minimum absolute atomic E-state index is 0.0893. The highest BCUT2D eigenvalue weighted by atomic mass is 32.2. The van der Waals surface area contributed by atoms with Crippen LogP contribution in [0.2, 0.25) is 0 Å². The summed E-state index contributed by atoms with van der Waals surface area (Å²) in [5.74, 6) is -0.838. The summed E-state index contributed by atoms with van der Waals surface area (Å²) < 4.78 is 8.43. The van der Waals surface area contributed by atoms with Gasteiger partial charge in [0.15, 0.2) is 9.83 Å². The fourth-order valence-electron chi connectivity index (χ4n) is 4.39. The van der Waals surface area contributed by atoms with Crippen LogP contribution < -0.4 is 10.2 Å². The zero-order valence-corrected chi connectivity index (χ0v) is 22.9. The lowest BCUT2D eigenvalue weighted by molar-refractivity contribution is 0.414. The Balaban J connectivity index is 1.70. The monoisotopic (exact) mass is 559 g/mol. The van der Waals surface area contributed by atoms with Gasteiger partial charge in [-0.1, -0.05) is 42.5 Å². The van der Waals surface area contributed by atoms with E-state index in [0.717, 1.165) is 20.1 Å². The first-order valence-corrected chi connectivity index (χ1v) is 13.8. The van der Waals surface area contributed by atoms with Gasteiger partial charge in [-0.15, -0.1) is 11.3 Å². The molecular formula is C30H21N7OS2. The van der Waals surface area contributed by atoms with E-state index in [-0.39, 0.29) is 17.5 Å². The lowest BCUT2D eigenvalue weighted by Gasteiger charge is -2.21. The number of benzene rings is 3. The molecule has 0 aliphatic rings. The molecule has 2 aromatic heterocycles. The fraction of sp³-hybridized carbons (Fsp3) is 0.133. The van der Waals surface area contributed by atoms with E-state index in [4.69, 9.17) is 20.2 Å². The molecule has 2 heterocycles. The summed E-state index contributed by atoms with van der Waals surface area (Å²) in [5.41, 5.74) is 2.79. The summed E-state index contributed by atoms with van der Waals surface area (Å²) >= 11 is 2.82. The Kier molecular flexibility index (Phi) is 7.89. The Morgan fingerprint density at radius 1 is 0.975 bits per heavy atom. The topological polar surface area (TPSA) is 135 Å². The van der Waals surface area contributed by atoms with Gasteiger partial charge in [0.25, 0.3) is 0 Å². The third-order valence-corrected chi connectivity index (χ3v) is 8.54. The number of rotatable bonds is 8. The number of nitrogens with zero attached hydrogens (tertiary/aromatic N) is 6. The van der Waals surface area contributed by atoms with Crippen molar-refractivity contribution in [3.8, 4) is 29.6 Å². The molecule has 3 aromatic carbocycles. The van der Waals surface area contributed by atoms with Crippen molar-refractivity contribution >= 4 is 33.3 Å². The van der Waals surface area contributed by atoms with Crippen LogP contribution in [-0.4, -0.2) is 21.9 Å². The van der Waals surface area contributed by atoms with Crippen LogP contribution in [0, 0.1) is 45.3 Å². The third kappa shape index (κ3) is 5.30. The normalized spacial score (nSPS) is 11.5. The van der Waals surface area contributed by atoms with Crippen molar-refractivity contribution in [2.75, 3.05) is 7.11 Å². The van der Waals surface area contributed by atoms with Crippen LogP contribution >= 0.6 is 23.1 Å². The van der Waals surface area contributed by atoms with E-state index in [9.17, 15) is 15.8 Å². The van der Waals surface area contributed by atoms with Crippen LogP contribution in [0.1, 0.15) is 22.6 Å². The van der Waals surface area contributed by atoms with Crippen molar-refractivity contribution in [2.45, 2.75) is 21.7 Å². The Hall–Kier alpha value is -4.95. The van der Waals surface area contributed by atoms with E-state index in [2.05, 4.69) is 18.2 Å². The molecule has 1 unspecified atom stereocenters. The van der Waals surface area contributed by atoms with Crippen molar-refractivity contribution in [1.82, 2.24) is 14.8 Å². The molecule has 0 amide bonds. The van der Waals surface area contributed by atoms with Crippen LogP contribution in [-0.2, 0) is 6.42 Å². The van der Waals surface area contributed by atoms with Crippen LogP contribution in [0.3, 0.4) is 0 Å². The second-order valence-electron chi connectivity index (χ2n) is 8.74. The molecule has 1 N–H and O–H groups in total. The summed E-state index contributed by atoms with van der Waals surface area (Å²) in [7, 11) is 1.57. The lowest BCUT2D eigenvalue weighted by atomic mass is 9.82. The number of thiazole rings is 1. The van der Waals surface area contributed by atoms with Gasteiger partial charge < -0.3 is 4.74 Å². The highest BCUT2D eigenvalue weighted by Crippen LogP contribution is 2.38. The molecule has 0 aliphatic carbocycles. The van der Waals surface area contributed by atoms with Gasteiger partial charge in [-0.05, 0) is 60.1 Å².